The summed E-state index contributed by atoms with van der Waals surface area (Å²) in [4.78, 5) is 16.8. The number of benzene rings is 1. The van der Waals surface area contributed by atoms with Crippen LogP contribution in [0.25, 0.3) is 10.9 Å². The lowest BCUT2D eigenvalue weighted by molar-refractivity contribution is 0.0527. The Morgan fingerprint density at radius 3 is 2.96 bits per heavy atom. The molecule has 24 heavy (non-hydrogen) atoms. The molecule has 0 saturated heterocycles. The van der Waals surface area contributed by atoms with Crippen molar-refractivity contribution in [1.29, 1.82) is 0 Å². The molecule has 1 aliphatic carbocycles. The second-order valence-electron chi connectivity index (χ2n) is 5.94. The maximum Gasteiger partial charge on any atom is 0.341 e. The Morgan fingerprint density at radius 1 is 1.42 bits per heavy atom. The van der Waals surface area contributed by atoms with Gasteiger partial charge in [-0.2, -0.15) is 0 Å². The van der Waals surface area contributed by atoms with Gasteiger partial charge in [0.05, 0.1) is 23.9 Å². The largest absolute Gasteiger partial charge is 0.462 e. The normalized spacial score (nSPS) is 20.3. The molecule has 1 N–H and O–H groups in total. The fourth-order valence-corrected chi connectivity index (χ4v) is 3.53. The van der Waals surface area contributed by atoms with Crippen LogP contribution in [-0.2, 0) is 9.47 Å². The number of methoxy groups -OCH3 is 1. The SMILES string of the molecule is CCOC(=O)c1cnc2ccc(Br)cc2c1NC1CCC(OC)C1. The quantitative estimate of drug-likeness (QED) is 0.774. The molecule has 0 radical (unpaired) electrons. The Labute approximate surface area is 149 Å². The Hall–Kier alpha value is -1.66. The summed E-state index contributed by atoms with van der Waals surface area (Å²) in [7, 11) is 1.75. The summed E-state index contributed by atoms with van der Waals surface area (Å²) in [6.07, 6.45) is 4.83. The molecule has 2 atom stereocenters. The maximum absolute atomic E-state index is 12.3. The van der Waals surface area contributed by atoms with Crippen molar-refractivity contribution in [2.45, 2.75) is 38.3 Å². The van der Waals surface area contributed by atoms with Gasteiger partial charge in [0.25, 0.3) is 0 Å². The number of hydrogen-bond acceptors (Lipinski definition) is 5. The van der Waals surface area contributed by atoms with E-state index in [9.17, 15) is 4.79 Å². The van der Waals surface area contributed by atoms with Crippen molar-refractivity contribution >= 4 is 38.5 Å². The number of hydrogen-bond donors (Lipinski definition) is 1. The molecule has 128 valence electrons. The van der Waals surface area contributed by atoms with Crippen LogP contribution in [0.4, 0.5) is 5.69 Å². The molecule has 2 aromatic rings. The zero-order valence-corrected chi connectivity index (χ0v) is 15.4. The highest BCUT2D eigenvalue weighted by atomic mass is 79.9. The van der Waals surface area contributed by atoms with E-state index in [4.69, 9.17) is 9.47 Å². The van der Waals surface area contributed by atoms with Crippen LogP contribution in [0.1, 0.15) is 36.5 Å². The van der Waals surface area contributed by atoms with Gasteiger partial charge in [-0.05, 0) is 44.4 Å². The lowest BCUT2D eigenvalue weighted by Gasteiger charge is -2.19. The van der Waals surface area contributed by atoms with Crippen molar-refractivity contribution in [2.24, 2.45) is 0 Å². The second kappa shape index (κ2) is 7.49. The summed E-state index contributed by atoms with van der Waals surface area (Å²) in [5.74, 6) is -0.351. The molecular formula is C18H21BrN2O3. The van der Waals surface area contributed by atoms with Gasteiger partial charge in [-0.25, -0.2) is 4.79 Å². The molecule has 1 aliphatic rings. The third-order valence-corrected chi connectivity index (χ3v) is 4.88. The minimum atomic E-state index is -0.351. The molecule has 6 heteroatoms. The van der Waals surface area contributed by atoms with Gasteiger partial charge in [0.2, 0.25) is 0 Å². The van der Waals surface area contributed by atoms with E-state index in [1.165, 1.54) is 0 Å². The monoisotopic (exact) mass is 392 g/mol. The first kappa shape index (κ1) is 17.2. The Kier molecular flexibility index (Phi) is 5.36. The van der Waals surface area contributed by atoms with Gasteiger partial charge < -0.3 is 14.8 Å². The van der Waals surface area contributed by atoms with Crippen molar-refractivity contribution in [3.63, 3.8) is 0 Å². The number of rotatable bonds is 5. The van der Waals surface area contributed by atoms with Crippen LogP contribution in [-0.4, -0.2) is 36.8 Å². The number of carbonyl (C=O) groups is 1. The summed E-state index contributed by atoms with van der Waals surface area (Å²) in [5.41, 5.74) is 2.11. The number of halogens is 1. The Morgan fingerprint density at radius 2 is 2.25 bits per heavy atom. The molecule has 0 spiro atoms. The van der Waals surface area contributed by atoms with Crippen LogP contribution in [0.2, 0.25) is 0 Å². The van der Waals surface area contributed by atoms with Crippen molar-refractivity contribution in [3.8, 4) is 0 Å². The molecule has 1 heterocycles. The van der Waals surface area contributed by atoms with Gasteiger partial charge in [0.15, 0.2) is 0 Å². The fourth-order valence-electron chi connectivity index (χ4n) is 3.17. The fraction of sp³-hybridized carbons (Fsp3) is 0.444. The van der Waals surface area contributed by atoms with E-state index < -0.39 is 0 Å². The standard InChI is InChI=1S/C18H21BrN2O3/c1-3-24-18(22)15-10-20-16-7-4-11(19)8-14(16)17(15)21-12-5-6-13(9-12)23-2/h4,7-8,10,12-13H,3,5-6,9H2,1-2H3,(H,20,21). The zero-order chi connectivity index (χ0) is 17.1. The number of carbonyl (C=O) groups excluding carboxylic acids is 1. The van der Waals surface area contributed by atoms with E-state index in [0.717, 1.165) is 40.3 Å². The molecular weight excluding hydrogens is 372 g/mol. The molecule has 0 aliphatic heterocycles. The molecule has 3 rings (SSSR count). The van der Waals surface area contributed by atoms with Gasteiger partial charge in [0, 0.05) is 29.2 Å². The van der Waals surface area contributed by atoms with Gasteiger partial charge in [-0.3, -0.25) is 4.98 Å². The van der Waals surface area contributed by atoms with Crippen molar-refractivity contribution in [1.82, 2.24) is 4.98 Å². The molecule has 1 aromatic heterocycles. The van der Waals surface area contributed by atoms with Gasteiger partial charge in [-0.15, -0.1) is 0 Å². The van der Waals surface area contributed by atoms with Crippen LogP contribution in [0.3, 0.4) is 0 Å². The number of nitrogens with one attached hydrogen (secondary N) is 1. The summed E-state index contributed by atoms with van der Waals surface area (Å²) >= 11 is 3.50. The second-order valence-corrected chi connectivity index (χ2v) is 6.86. The highest BCUT2D eigenvalue weighted by molar-refractivity contribution is 9.10. The zero-order valence-electron chi connectivity index (χ0n) is 13.8. The summed E-state index contributed by atoms with van der Waals surface area (Å²) in [6.45, 7) is 2.14. The number of fused-ring (bicyclic) bond motifs is 1. The number of pyridine rings is 1. The van der Waals surface area contributed by atoms with E-state index in [0.29, 0.717) is 12.2 Å². The Balaban J connectivity index is 2.02. The van der Waals surface area contributed by atoms with E-state index >= 15 is 0 Å². The summed E-state index contributed by atoms with van der Waals surface area (Å²) in [5, 5.41) is 4.45. The minimum absolute atomic E-state index is 0.271. The number of aromatic nitrogens is 1. The predicted octanol–water partition coefficient (Wildman–Crippen LogP) is 4.15. The number of ether oxygens (including phenoxy) is 2. The third kappa shape index (κ3) is 3.54. The van der Waals surface area contributed by atoms with E-state index in [1.807, 2.05) is 18.2 Å². The van der Waals surface area contributed by atoms with Crippen molar-refractivity contribution in [2.75, 3.05) is 19.0 Å². The lowest BCUT2D eigenvalue weighted by Crippen LogP contribution is -2.20. The Bertz CT molecular complexity index is 750. The lowest BCUT2D eigenvalue weighted by atomic mass is 10.1. The van der Waals surface area contributed by atoms with Crippen molar-refractivity contribution < 1.29 is 14.3 Å². The smallest absolute Gasteiger partial charge is 0.341 e. The highest BCUT2D eigenvalue weighted by Crippen LogP contribution is 2.32. The van der Waals surface area contributed by atoms with E-state index in [1.54, 1.807) is 20.2 Å². The summed E-state index contributed by atoms with van der Waals surface area (Å²) < 4.78 is 11.6. The topological polar surface area (TPSA) is 60.5 Å². The van der Waals surface area contributed by atoms with E-state index in [-0.39, 0.29) is 18.1 Å². The number of nitrogens with zero attached hydrogens (tertiary/aromatic N) is 1. The van der Waals surface area contributed by atoms with Crippen LogP contribution in [0, 0.1) is 0 Å². The average molecular weight is 393 g/mol. The molecule has 1 saturated carbocycles. The molecule has 1 aromatic carbocycles. The molecule has 1 fully saturated rings. The third-order valence-electron chi connectivity index (χ3n) is 4.39. The van der Waals surface area contributed by atoms with Crippen molar-refractivity contribution in [3.05, 3.63) is 34.4 Å². The number of esters is 1. The first-order chi connectivity index (χ1) is 11.6. The predicted molar refractivity (Wildman–Crippen MR) is 97.5 cm³/mol. The number of anilines is 1. The first-order valence-corrected chi connectivity index (χ1v) is 8.96. The average Bonchev–Trinajstić information content (AvgIpc) is 3.03. The maximum atomic E-state index is 12.3. The van der Waals surface area contributed by atoms with Crippen LogP contribution in [0.5, 0.6) is 0 Å². The van der Waals surface area contributed by atoms with Crippen LogP contribution in [0.15, 0.2) is 28.9 Å². The molecule has 5 nitrogen and oxygen atoms in total. The summed E-state index contributed by atoms with van der Waals surface area (Å²) in [6, 6.07) is 6.13. The van der Waals surface area contributed by atoms with Gasteiger partial charge >= 0.3 is 5.97 Å². The van der Waals surface area contributed by atoms with E-state index in [2.05, 4.69) is 26.2 Å². The molecule has 0 amide bonds. The first-order valence-electron chi connectivity index (χ1n) is 8.17. The minimum Gasteiger partial charge on any atom is -0.462 e. The highest BCUT2D eigenvalue weighted by Gasteiger charge is 2.26. The van der Waals surface area contributed by atoms with Crippen LogP contribution < -0.4 is 5.32 Å². The molecule has 0 bridgehead atoms. The molecule has 2 unspecified atom stereocenters. The van der Waals surface area contributed by atoms with Crippen LogP contribution >= 0.6 is 15.9 Å². The van der Waals surface area contributed by atoms with Gasteiger partial charge in [0.1, 0.15) is 5.56 Å². The van der Waals surface area contributed by atoms with Gasteiger partial charge in [-0.1, -0.05) is 15.9 Å².